The number of nitrogens with one attached hydrogen (secondary N) is 1. The number of rotatable bonds is 5. The predicted molar refractivity (Wildman–Crippen MR) is 93.7 cm³/mol. The number of thiazole rings is 1. The molecule has 0 spiro atoms. The summed E-state index contributed by atoms with van der Waals surface area (Å²) in [7, 11) is 0. The largest absolute Gasteiger partial charge is 0.361 e. The second-order valence-corrected chi connectivity index (χ2v) is 7.53. The van der Waals surface area contributed by atoms with Crippen LogP contribution < -0.4 is 10.2 Å². The summed E-state index contributed by atoms with van der Waals surface area (Å²) in [6, 6.07) is 4.08. The molecule has 7 nitrogen and oxygen atoms in total. The molecule has 0 atom stereocenters. The van der Waals surface area contributed by atoms with Crippen LogP contribution in [0.5, 0.6) is 0 Å². The average molecular weight is 341 g/mol. The van der Waals surface area contributed by atoms with E-state index in [-0.39, 0.29) is 0 Å². The number of aromatic nitrogens is 5. The van der Waals surface area contributed by atoms with Crippen LogP contribution >= 0.6 is 11.3 Å². The molecule has 124 valence electrons. The lowest BCUT2D eigenvalue weighted by Crippen LogP contribution is -2.50. The lowest BCUT2D eigenvalue weighted by molar-refractivity contribution is 0.393. The fraction of sp³-hybridized carbons (Fsp3) is 0.500. The van der Waals surface area contributed by atoms with Crippen molar-refractivity contribution < 1.29 is 0 Å². The SMILES string of the molecule is c1csc(NCC2CN(c3ccc4nnc(C5CCC5)n4n3)C2)n1. The molecule has 1 saturated carbocycles. The zero-order chi connectivity index (χ0) is 15.9. The molecule has 3 aromatic heterocycles. The molecule has 4 heterocycles. The maximum Gasteiger partial charge on any atom is 0.182 e. The third-order valence-corrected chi connectivity index (χ3v) is 5.73. The van der Waals surface area contributed by atoms with Crippen LogP contribution in [0.15, 0.2) is 23.7 Å². The zero-order valence-electron chi connectivity index (χ0n) is 13.3. The highest BCUT2D eigenvalue weighted by Gasteiger charge is 2.29. The molecule has 2 fully saturated rings. The van der Waals surface area contributed by atoms with E-state index in [1.54, 1.807) is 11.3 Å². The first-order chi connectivity index (χ1) is 11.9. The molecule has 1 aliphatic carbocycles. The van der Waals surface area contributed by atoms with Crippen LogP contribution in [0, 0.1) is 5.92 Å². The predicted octanol–water partition coefficient (Wildman–Crippen LogP) is 2.40. The van der Waals surface area contributed by atoms with E-state index < -0.39 is 0 Å². The molecule has 0 radical (unpaired) electrons. The van der Waals surface area contributed by atoms with Crippen molar-refractivity contribution in [2.75, 3.05) is 29.9 Å². The Kier molecular flexibility index (Phi) is 3.36. The van der Waals surface area contributed by atoms with Crippen molar-refractivity contribution in [1.82, 2.24) is 24.8 Å². The van der Waals surface area contributed by atoms with Gasteiger partial charge >= 0.3 is 0 Å². The van der Waals surface area contributed by atoms with Crippen LogP contribution in [0.1, 0.15) is 31.0 Å². The van der Waals surface area contributed by atoms with Crippen LogP contribution in [0.25, 0.3) is 5.65 Å². The Balaban J connectivity index is 1.26. The smallest absolute Gasteiger partial charge is 0.182 e. The second-order valence-electron chi connectivity index (χ2n) is 6.64. The van der Waals surface area contributed by atoms with Crippen molar-refractivity contribution in [1.29, 1.82) is 0 Å². The van der Waals surface area contributed by atoms with E-state index in [9.17, 15) is 0 Å². The van der Waals surface area contributed by atoms with E-state index in [0.717, 1.165) is 42.1 Å². The molecule has 24 heavy (non-hydrogen) atoms. The molecule has 1 aliphatic heterocycles. The zero-order valence-corrected chi connectivity index (χ0v) is 14.1. The minimum atomic E-state index is 0.536. The Hall–Kier alpha value is -2.22. The molecule has 1 saturated heterocycles. The van der Waals surface area contributed by atoms with Gasteiger partial charge in [-0.1, -0.05) is 6.42 Å². The van der Waals surface area contributed by atoms with Crippen molar-refractivity contribution in [3.63, 3.8) is 0 Å². The van der Waals surface area contributed by atoms with Gasteiger partial charge in [0.15, 0.2) is 16.6 Å². The Morgan fingerprint density at radius 1 is 1.21 bits per heavy atom. The number of anilines is 2. The quantitative estimate of drug-likeness (QED) is 0.768. The second kappa shape index (κ2) is 5.70. The fourth-order valence-electron chi connectivity index (χ4n) is 3.31. The van der Waals surface area contributed by atoms with E-state index in [1.165, 1.54) is 19.3 Å². The molecule has 2 aliphatic rings. The molecule has 0 unspecified atom stereocenters. The van der Waals surface area contributed by atoms with Crippen molar-refractivity contribution in [3.05, 3.63) is 29.5 Å². The van der Waals surface area contributed by atoms with Crippen LogP contribution in [0.2, 0.25) is 0 Å². The lowest BCUT2D eigenvalue weighted by atomic mass is 9.85. The topological polar surface area (TPSA) is 71.2 Å². The number of nitrogens with zero attached hydrogens (tertiary/aromatic N) is 6. The Labute approximate surface area is 143 Å². The number of hydrogen-bond donors (Lipinski definition) is 1. The fourth-order valence-corrected chi connectivity index (χ4v) is 3.85. The first-order valence-electron chi connectivity index (χ1n) is 8.47. The normalized spacial score (nSPS) is 18.6. The van der Waals surface area contributed by atoms with Crippen molar-refractivity contribution >= 4 is 27.9 Å². The first-order valence-corrected chi connectivity index (χ1v) is 9.35. The third kappa shape index (κ3) is 2.41. The first kappa shape index (κ1) is 14.2. The van der Waals surface area contributed by atoms with E-state index in [4.69, 9.17) is 5.10 Å². The Morgan fingerprint density at radius 3 is 2.88 bits per heavy atom. The summed E-state index contributed by atoms with van der Waals surface area (Å²) in [6.45, 7) is 3.02. The molecule has 8 heteroatoms. The van der Waals surface area contributed by atoms with Gasteiger partial charge in [-0.25, -0.2) is 4.98 Å². The summed E-state index contributed by atoms with van der Waals surface area (Å²) in [6.07, 6.45) is 5.54. The molecule has 1 N–H and O–H groups in total. The van der Waals surface area contributed by atoms with Gasteiger partial charge in [0.2, 0.25) is 0 Å². The van der Waals surface area contributed by atoms with Gasteiger partial charge in [0, 0.05) is 43.0 Å². The van der Waals surface area contributed by atoms with Gasteiger partial charge in [-0.15, -0.1) is 26.6 Å². The third-order valence-electron chi connectivity index (χ3n) is 5.00. The molecular formula is C16H19N7S. The summed E-state index contributed by atoms with van der Waals surface area (Å²) in [5.74, 6) is 3.22. The van der Waals surface area contributed by atoms with Gasteiger partial charge in [-0.3, -0.25) is 0 Å². The van der Waals surface area contributed by atoms with Gasteiger partial charge in [0.05, 0.1) is 0 Å². The molecule has 5 rings (SSSR count). The minimum Gasteiger partial charge on any atom is -0.361 e. The van der Waals surface area contributed by atoms with Gasteiger partial charge < -0.3 is 10.2 Å². The van der Waals surface area contributed by atoms with Crippen molar-refractivity contribution in [3.8, 4) is 0 Å². The van der Waals surface area contributed by atoms with Crippen LogP contribution in [0.4, 0.5) is 10.9 Å². The van der Waals surface area contributed by atoms with Crippen LogP contribution in [0.3, 0.4) is 0 Å². The summed E-state index contributed by atoms with van der Waals surface area (Å²) in [5, 5.41) is 19.8. The van der Waals surface area contributed by atoms with E-state index in [2.05, 4.69) is 31.5 Å². The van der Waals surface area contributed by atoms with Gasteiger partial charge in [-0.05, 0) is 25.0 Å². The Bertz CT molecular complexity index is 833. The molecule has 3 aromatic rings. The van der Waals surface area contributed by atoms with Gasteiger partial charge in [-0.2, -0.15) is 4.52 Å². The van der Waals surface area contributed by atoms with Crippen molar-refractivity contribution in [2.24, 2.45) is 5.92 Å². The standard InChI is InChI=1S/C16H19N7S/c1-2-12(3-1)15-20-19-13-4-5-14(21-23(13)15)22-9-11(10-22)8-18-16-17-6-7-24-16/h4-7,11-12H,1-3,8-10H2,(H,17,18). The average Bonchev–Trinajstić information content (AvgIpc) is 3.14. The van der Waals surface area contributed by atoms with Crippen LogP contribution in [-0.4, -0.2) is 44.4 Å². The monoisotopic (exact) mass is 341 g/mol. The molecule has 0 bridgehead atoms. The highest BCUT2D eigenvalue weighted by atomic mass is 32.1. The van der Waals surface area contributed by atoms with Crippen LogP contribution in [-0.2, 0) is 0 Å². The highest BCUT2D eigenvalue weighted by molar-refractivity contribution is 7.13. The summed E-state index contributed by atoms with van der Waals surface area (Å²) in [4.78, 5) is 6.57. The summed E-state index contributed by atoms with van der Waals surface area (Å²) >= 11 is 1.65. The summed E-state index contributed by atoms with van der Waals surface area (Å²) < 4.78 is 1.94. The molecule has 0 aromatic carbocycles. The maximum atomic E-state index is 4.79. The summed E-state index contributed by atoms with van der Waals surface area (Å²) in [5.41, 5.74) is 0.850. The molecule has 0 amide bonds. The van der Waals surface area contributed by atoms with E-state index in [1.807, 2.05) is 22.2 Å². The minimum absolute atomic E-state index is 0.536. The Morgan fingerprint density at radius 2 is 2.12 bits per heavy atom. The number of fused-ring (bicyclic) bond motifs is 1. The van der Waals surface area contributed by atoms with Crippen molar-refractivity contribution in [2.45, 2.75) is 25.2 Å². The number of hydrogen-bond acceptors (Lipinski definition) is 7. The maximum absolute atomic E-state index is 4.79. The lowest BCUT2D eigenvalue weighted by Gasteiger charge is -2.40. The van der Waals surface area contributed by atoms with E-state index in [0.29, 0.717) is 11.8 Å². The van der Waals surface area contributed by atoms with Gasteiger partial charge in [0.1, 0.15) is 5.82 Å². The molecular weight excluding hydrogens is 322 g/mol. The van der Waals surface area contributed by atoms with E-state index >= 15 is 0 Å². The highest BCUT2D eigenvalue weighted by Crippen LogP contribution is 2.35. The van der Waals surface area contributed by atoms with Gasteiger partial charge in [0.25, 0.3) is 0 Å².